The summed E-state index contributed by atoms with van der Waals surface area (Å²) in [5, 5.41) is 0. The van der Waals surface area contributed by atoms with Crippen LogP contribution in [-0.4, -0.2) is 23.9 Å². The molecule has 3 nitrogen and oxygen atoms in total. The summed E-state index contributed by atoms with van der Waals surface area (Å²) in [4.78, 5) is 13.9. The zero-order valence-corrected chi connectivity index (χ0v) is 9.65. The molecule has 3 heteroatoms. The Kier molecular flexibility index (Phi) is 3.25. The van der Waals surface area contributed by atoms with E-state index in [1.54, 1.807) is 0 Å². The Morgan fingerprint density at radius 1 is 1.44 bits per heavy atom. The fourth-order valence-electron chi connectivity index (χ4n) is 2.10. The van der Waals surface area contributed by atoms with E-state index in [2.05, 4.69) is 18.2 Å². The summed E-state index contributed by atoms with van der Waals surface area (Å²) in [6.45, 7) is 3.87. The molecule has 1 unspecified atom stereocenters. The van der Waals surface area contributed by atoms with Gasteiger partial charge in [0.05, 0.1) is 0 Å². The fraction of sp³-hybridized carbons (Fsp3) is 0.462. The predicted molar refractivity (Wildman–Crippen MR) is 63.8 cm³/mol. The van der Waals surface area contributed by atoms with Crippen molar-refractivity contribution in [3.05, 3.63) is 35.4 Å². The molecule has 1 atom stereocenters. The average molecular weight is 218 g/mol. The Morgan fingerprint density at radius 3 is 2.81 bits per heavy atom. The molecular formula is C13H18N2O. The number of benzene rings is 1. The van der Waals surface area contributed by atoms with Gasteiger partial charge in [-0.1, -0.05) is 31.2 Å². The summed E-state index contributed by atoms with van der Waals surface area (Å²) in [5.74, 6) is 0.113. The van der Waals surface area contributed by atoms with Gasteiger partial charge in [-0.15, -0.1) is 0 Å². The third-order valence-corrected chi connectivity index (χ3v) is 3.22. The molecule has 0 spiro atoms. The zero-order valence-electron chi connectivity index (χ0n) is 9.65. The third-order valence-electron chi connectivity index (χ3n) is 3.22. The molecule has 1 aromatic rings. The second-order valence-corrected chi connectivity index (χ2v) is 4.42. The minimum absolute atomic E-state index is 0.0646. The van der Waals surface area contributed by atoms with Gasteiger partial charge in [0.25, 0.3) is 0 Å². The maximum absolute atomic E-state index is 12.0. The molecule has 0 radical (unpaired) electrons. The molecule has 1 amide bonds. The first-order valence-corrected chi connectivity index (χ1v) is 5.78. The van der Waals surface area contributed by atoms with Crippen LogP contribution in [0.5, 0.6) is 0 Å². The highest BCUT2D eigenvalue weighted by molar-refractivity contribution is 5.79. The number of carbonyl (C=O) groups is 1. The van der Waals surface area contributed by atoms with Crippen molar-refractivity contribution in [1.82, 2.24) is 4.90 Å². The molecule has 0 aliphatic carbocycles. The van der Waals surface area contributed by atoms with Crippen LogP contribution in [0.15, 0.2) is 24.3 Å². The highest BCUT2D eigenvalue weighted by Crippen LogP contribution is 2.19. The number of carbonyl (C=O) groups excluding carboxylic acids is 1. The Hall–Kier alpha value is -1.35. The van der Waals surface area contributed by atoms with E-state index in [-0.39, 0.29) is 11.8 Å². The summed E-state index contributed by atoms with van der Waals surface area (Å²) >= 11 is 0. The molecule has 2 rings (SSSR count). The van der Waals surface area contributed by atoms with Gasteiger partial charge in [-0.3, -0.25) is 4.79 Å². The predicted octanol–water partition coefficient (Wildman–Crippen LogP) is 1.17. The normalized spacial score (nSPS) is 16.8. The lowest BCUT2D eigenvalue weighted by atomic mass is 9.99. The molecule has 1 aliphatic rings. The van der Waals surface area contributed by atoms with Gasteiger partial charge in [0.1, 0.15) is 0 Å². The van der Waals surface area contributed by atoms with Crippen molar-refractivity contribution in [3.8, 4) is 0 Å². The first-order valence-electron chi connectivity index (χ1n) is 5.78. The minimum Gasteiger partial charge on any atom is -0.338 e. The number of nitrogens with two attached hydrogens (primary N) is 1. The average Bonchev–Trinajstić information content (AvgIpc) is 2.36. The molecule has 0 bridgehead atoms. The van der Waals surface area contributed by atoms with Gasteiger partial charge >= 0.3 is 0 Å². The summed E-state index contributed by atoms with van der Waals surface area (Å²) in [6, 6.07) is 8.32. The molecule has 86 valence electrons. The van der Waals surface area contributed by atoms with Crippen LogP contribution < -0.4 is 5.73 Å². The second-order valence-electron chi connectivity index (χ2n) is 4.42. The van der Waals surface area contributed by atoms with E-state index >= 15 is 0 Å². The fourth-order valence-corrected chi connectivity index (χ4v) is 2.10. The molecule has 1 aliphatic heterocycles. The van der Waals surface area contributed by atoms with E-state index in [1.165, 1.54) is 11.1 Å². The van der Waals surface area contributed by atoms with E-state index in [0.29, 0.717) is 6.54 Å². The Balaban J connectivity index is 2.11. The van der Waals surface area contributed by atoms with Crippen molar-refractivity contribution >= 4 is 5.91 Å². The molecule has 1 heterocycles. The van der Waals surface area contributed by atoms with Crippen LogP contribution in [0.1, 0.15) is 18.1 Å². The third kappa shape index (κ3) is 2.09. The first kappa shape index (κ1) is 11.1. The standard InChI is InChI=1S/C13H18N2O/c1-10(8-14)13(16)15-7-6-11-4-2-3-5-12(11)9-15/h2-5,10H,6-9,14H2,1H3. The summed E-state index contributed by atoms with van der Waals surface area (Å²) in [5.41, 5.74) is 8.16. The first-order chi connectivity index (χ1) is 7.72. The molecule has 0 saturated carbocycles. The quantitative estimate of drug-likeness (QED) is 0.810. The molecule has 1 aromatic carbocycles. The van der Waals surface area contributed by atoms with Crippen LogP contribution in [-0.2, 0) is 17.8 Å². The molecule has 0 saturated heterocycles. The molecular weight excluding hydrogens is 200 g/mol. The highest BCUT2D eigenvalue weighted by atomic mass is 16.2. The van der Waals surface area contributed by atoms with E-state index in [0.717, 1.165) is 19.5 Å². The number of nitrogens with zero attached hydrogens (tertiary/aromatic N) is 1. The smallest absolute Gasteiger partial charge is 0.226 e. The van der Waals surface area contributed by atoms with Crippen LogP contribution in [0.25, 0.3) is 0 Å². The van der Waals surface area contributed by atoms with Crippen molar-refractivity contribution in [2.45, 2.75) is 19.9 Å². The maximum atomic E-state index is 12.0. The van der Waals surface area contributed by atoms with Gasteiger partial charge in [0, 0.05) is 25.6 Å². The minimum atomic E-state index is -0.0646. The van der Waals surface area contributed by atoms with Gasteiger partial charge in [0.2, 0.25) is 5.91 Å². The molecule has 2 N–H and O–H groups in total. The topological polar surface area (TPSA) is 46.3 Å². The van der Waals surface area contributed by atoms with Crippen molar-refractivity contribution < 1.29 is 4.79 Å². The van der Waals surface area contributed by atoms with E-state index in [9.17, 15) is 4.79 Å². The van der Waals surface area contributed by atoms with Crippen LogP contribution in [0.3, 0.4) is 0 Å². The lowest BCUT2D eigenvalue weighted by molar-refractivity contribution is -0.135. The monoisotopic (exact) mass is 218 g/mol. The van der Waals surface area contributed by atoms with Crippen LogP contribution in [0, 0.1) is 5.92 Å². The van der Waals surface area contributed by atoms with Crippen molar-refractivity contribution in [1.29, 1.82) is 0 Å². The SMILES string of the molecule is CC(CN)C(=O)N1CCc2ccccc2C1. The van der Waals surface area contributed by atoms with Gasteiger partial charge < -0.3 is 10.6 Å². The number of hydrogen-bond acceptors (Lipinski definition) is 2. The lowest BCUT2D eigenvalue weighted by Gasteiger charge is -2.30. The summed E-state index contributed by atoms with van der Waals surface area (Å²) in [7, 11) is 0. The van der Waals surface area contributed by atoms with Crippen LogP contribution >= 0.6 is 0 Å². The number of fused-ring (bicyclic) bond motifs is 1. The van der Waals surface area contributed by atoms with Crippen molar-refractivity contribution in [3.63, 3.8) is 0 Å². The maximum Gasteiger partial charge on any atom is 0.226 e. The van der Waals surface area contributed by atoms with E-state index in [4.69, 9.17) is 5.73 Å². The summed E-state index contributed by atoms with van der Waals surface area (Å²) in [6.07, 6.45) is 0.958. The lowest BCUT2D eigenvalue weighted by Crippen LogP contribution is -2.40. The number of hydrogen-bond donors (Lipinski definition) is 1. The van der Waals surface area contributed by atoms with Crippen LogP contribution in [0.2, 0.25) is 0 Å². The largest absolute Gasteiger partial charge is 0.338 e. The van der Waals surface area contributed by atoms with E-state index < -0.39 is 0 Å². The Morgan fingerprint density at radius 2 is 2.12 bits per heavy atom. The Labute approximate surface area is 96.2 Å². The van der Waals surface area contributed by atoms with Gasteiger partial charge in [0.15, 0.2) is 0 Å². The zero-order chi connectivity index (χ0) is 11.5. The van der Waals surface area contributed by atoms with Crippen LogP contribution in [0.4, 0.5) is 0 Å². The van der Waals surface area contributed by atoms with Gasteiger partial charge in [-0.25, -0.2) is 0 Å². The molecule has 0 aromatic heterocycles. The molecule has 0 fully saturated rings. The number of rotatable bonds is 2. The molecule has 16 heavy (non-hydrogen) atoms. The second kappa shape index (κ2) is 4.66. The van der Waals surface area contributed by atoms with Crippen molar-refractivity contribution in [2.75, 3.05) is 13.1 Å². The van der Waals surface area contributed by atoms with Crippen molar-refractivity contribution in [2.24, 2.45) is 11.7 Å². The van der Waals surface area contributed by atoms with Gasteiger partial charge in [-0.2, -0.15) is 0 Å². The van der Waals surface area contributed by atoms with E-state index in [1.807, 2.05) is 17.9 Å². The highest BCUT2D eigenvalue weighted by Gasteiger charge is 2.23. The summed E-state index contributed by atoms with van der Waals surface area (Å²) < 4.78 is 0. The number of amides is 1. The van der Waals surface area contributed by atoms with Gasteiger partial charge in [-0.05, 0) is 17.5 Å². The Bertz CT molecular complexity index is 389.